The van der Waals surface area contributed by atoms with Gasteiger partial charge in [-0.15, -0.1) is 0 Å². The first-order valence-electron chi connectivity index (χ1n) is 2.90. The van der Waals surface area contributed by atoms with Crippen LogP contribution < -0.4 is 0 Å². The van der Waals surface area contributed by atoms with E-state index in [9.17, 15) is 0 Å². The zero-order chi connectivity index (χ0) is 6.27. The van der Waals surface area contributed by atoms with Gasteiger partial charge in [-0.05, 0) is 6.92 Å². The summed E-state index contributed by atoms with van der Waals surface area (Å²) in [6.45, 7) is 2.71. The average Bonchev–Trinajstić information content (AvgIpc) is 2.58. The molecule has 0 aromatic carbocycles. The van der Waals surface area contributed by atoms with Crippen LogP contribution in [0.3, 0.4) is 0 Å². The normalized spacial score (nSPS) is 24.3. The zero-order valence-electron chi connectivity index (χ0n) is 5.13. The summed E-state index contributed by atoms with van der Waals surface area (Å²) in [5.74, 6) is 0.873. The minimum Gasteiger partial charge on any atom is -0.368 e. The van der Waals surface area contributed by atoms with E-state index in [0.29, 0.717) is 0 Å². The molecule has 2 heterocycles. The van der Waals surface area contributed by atoms with Gasteiger partial charge in [0.2, 0.25) is 0 Å². The van der Waals surface area contributed by atoms with Crippen molar-refractivity contribution in [1.29, 1.82) is 0 Å². The van der Waals surface area contributed by atoms with E-state index >= 15 is 0 Å². The van der Waals surface area contributed by atoms with E-state index in [4.69, 9.17) is 9.26 Å². The fraction of sp³-hybridized carbons (Fsp3) is 0.500. The molecule has 0 amide bonds. The van der Waals surface area contributed by atoms with Crippen LogP contribution in [-0.2, 0) is 4.74 Å². The van der Waals surface area contributed by atoms with Crippen molar-refractivity contribution in [2.75, 3.05) is 6.61 Å². The maximum Gasteiger partial charge on any atom is 0.139 e. The number of rotatable bonds is 1. The van der Waals surface area contributed by atoms with Crippen LogP contribution in [0.1, 0.15) is 17.4 Å². The van der Waals surface area contributed by atoms with Crippen molar-refractivity contribution in [3.8, 4) is 0 Å². The Kier molecular flexibility index (Phi) is 0.873. The average molecular weight is 125 g/mol. The molecular formula is C6H7NO2. The molecule has 0 unspecified atom stereocenters. The Labute approximate surface area is 52.6 Å². The van der Waals surface area contributed by atoms with E-state index in [2.05, 4.69) is 5.16 Å². The highest BCUT2D eigenvalue weighted by atomic mass is 16.6. The fourth-order valence-corrected chi connectivity index (χ4v) is 0.843. The first-order chi connectivity index (χ1) is 4.38. The lowest BCUT2D eigenvalue weighted by molar-refractivity contribution is 0.387. The molecule has 1 aromatic heterocycles. The van der Waals surface area contributed by atoms with E-state index in [1.54, 1.807) is 6.20 Å². The number of aromatic nitrogens is 1. The zero-order valence-corrected chi connectivity index (χ0v) is 5.13. The Hall–Kier alpha value is -0.830. The second-order valence-corrected chi connectivity index (χ2v) is 2.16. The molecule has 3 heteroatoms. The summed E-state index contributed by atoms with van der Waals surface area (Å²) in [4.78, 5) is 0. The van der Waals surface area contributed by atoms with Gasteiger partial charge in [0.25, 0.3) is 0 Å². The molecular weight excluding hydrogens is 118 g/mol. The first kappa shape index (κ1) is 4.99. The summed E-state index contributed by atoms with van der Waals surface area (Å²) in [5, 5.41) is 3.63. The van der Waals surface area contributed by atoms with Gasteiger partial charge in [0.15, 0.2) is 0 Å². The van der Waals surface area contributed by atoms with Gasteiger partial charge in [-0.25, -0.2) is 0 Å². The maximum absolute atomic E-state index is 5.03. The van der Waals surface area contributed by atoms with Crippen LogP contribution in [0, 0.1) is 6.92 Å². The number of ether oxygens (including phenoxy) is 1. The first-order valence-corrected chi connectivity index (χ1v) is 2.90. The lowest BCUT2D eigenvalue weighted by Crippen LogP contribution is -1.76. The highest BCUT2D eigenvalue weighted by Gasteiger charge is 2.28. The Morgan fingerprint density at radius 3 is 3.00 bits per heavy atom. The highest BCUT2D eigenvalue weighted by Crippen LogP contribution is 2.31. The third kappa shape index (κ3) is 0.733. The molecule has 0 radical (unpaired) electrons. The SMILES string of the molecule is Cc1oncc1[C@@H]1CO1. The predicted octanol–water partition coefficient (Wildman–Crippen LogP) is 1.05. The van der Waals surface area contributed by atoms with Gasteiger partial charge < -0.3 is 9.26 Å². The molecule has 1 fully saturated rings. The van der Waals surface area contributed by atoms with Crippen LogP contribution in [0.25, 0.3) is 0 Å². The van der Waals surface area contributed by atoms with Crippen LogP contribution in [-0.4, -0.2) is 11.8 Å². The van der Waals surface area contributed by atoms with Crippen molar-refractivity contribution in [2.24, 2.45) is 0 Å². The Balaban J connectivity index is 2.35. The summed E-state index contributed by atoms with van der Waals surface area (Å²) in [7, 11) is 0. The van der Waals surface area contributed by atoms with Gasteiger partial charge in [-0.2, -0.15) is 0 Å². The van der Waals surface area contributed by atoms with Gasteiger partial charge >= 0.3 is 0 Å². The van der Waals surface area contributed by atoms with Gasteiger partial charge in [0, 0.05) is 5.56 Å². The van der Waals surface area contributed by atoms with E-state index < -0.39 is 0 Å². The van der Waals surface area contributed by atoms with Crippen molar-refractivity contribution in [3.63, 3.8) is 0 Å². The topological polar surface area (TPSA) is 38.6 Å². The van der Waals surface area contributed by atoms with Crippen molar-refractivity contribution < 1.29 is 9.26 Å². The van der Waals surface area contributed by atoms with Crippen LogP contribution >= 0.6 is 0 Å². The number of aryl methyl sites for hydroxylation is 1. The number of hydrogen-bond donors (Lipinski definition) is 0. The summed E-state index contributed by atoms with van der Waals surface area (Å²) in [5.41, 5.74) is 1.09. The second-order valence-electron chi connectivity index (χ2n) is 2.16. The van der Waals surface area contributed by atoms with Gasteiger partial charge in [0.1, 0.15) is 11.9 Å². The molecule has 0 N–H and O–H groups in total. The monoisotopic (exact) mass is 125 g/mol. The molecule has 0 saturated carbocycles. The number of epoxide rings is 1. The standard InChI is InChI=1S/C6H7NO2/c1-4-5(2-7-9-4)6-3-8-6/h2,6H,3H2,1H3/t6-/m0/s1. The number of hydrogen-bond acceptors (Lipinski definition) is 3. The lowest BCUT2D eigenvalue weighted by atomic mass is 10.2. The Morgan fingerprint density at radius 1 is 1.78 bits per heavy atom. The van der Waals surface area contributed by atoms with Crippen molar-refractivity contribution in [2.45, 2.75) is 13.0 Å². The van der Waals surface area contributed by atoms with Crippen LogP contribution in [0.15, 0.2) is 10.7 Å². The molecule has 0 spiro atoms. The van der Waals surface area contributed by atoms with Crippen LogP contribution in [0.4, 0.5) is 0 Å². The Bertz CT molecular complexity index is 215. The smallest absolute Gasteiger partial charge is 0.139 e. The molecule has 1 aromatic rings. The fourth-order valence-electron chi connectivity index (χ4n) is 0.843. The van der Waals surface area contributed by atoms with E-state index in [1.807, 2.05) is 6.92 Å². The molecule has 48 valence electrons. The molecule has 1 saturated heterocycles. The van der Waals surface area contributed by atoms with Crippen LogP contribution in [0.5, 0.6) is 0 Å². The van der Waals surface area contributed by atoms with Crippen molar-refractivity contribution in [3.05, 3.63) is 17.5 Å². The van der Waals surface area contributed by atoms with Gasteiger partial charge in [0.05, 0.1) is 12.8 Å². The molecule has 2 rings (SSSR count). The number of nitrogens with zero attached hydrogens (tertiary/aromatic N) is 1. The van der Waals surface area contributed by atoms with E-state index in [0.717, 1.165) is 17.9 Å². The molecule has 0 bridgehead atoms. The lowest BCUT2D eigenvalue weighted by Gasteiger charge is -1.83. The van der Waals surface area contributed by atoms with Crippen molar-refractivity contribution in [1.82, 2.24) is 5.16 Å². The molecule has 1 atom stereocenters. The summed E-state index contributed by atoms with van der Waals surface area (Å²) in [6.07, 6.45) is 1.99. The summed E-state index contributed by atoms with van der Waals surface area (Å²) in [6, 6.07) is 0. The van der Waals surface area contributed by atoms with E-state index in [1.165, 1.54) is 0 Å². The van der Waals surface area contributed by atoms with Gasteiger partial charge in [-0.1, -0.05) is 5.16 Å². The highest BCUT2D eigenvalue weighted by molar-refractivity contribution is 5.18. The largest absolute Gasteiger partial charge is 0.368 e. The molecule has 9 heavy (non-hydrogen) atoms. The summed E-state index contributed by atoms with van der Waals surface area (Å²) >= 11 is 0. The Morgan fingerprint density at radius 2 is 2.56 bits per heavy atom. The third-order valence-corrected chi connectivity index (χ3v) is 1.47. The predicted molar refractivity (Wildman–Crippen MR) is 29.9 cm³/mol. The summed E-state index contributed by atoms with van der Waals surface area (Å²) < 4.78 is 9.87. The second kappa shape index (κ2) is 1.57. The maximum atomic E-state index is 5.03. The quantitative estimate of drug-likeness (QED) is 0.526. The molecule has 3 nitrogen and oxygen atoms in total. The molecule has 1 aliphatic rings. The van der Waals surface area contributed by atoms with Crippen molar-refractivity contribution >= 4 is 0 Å². The minimum absolute atomic E-state index is 0.274. The molecule has 0 aliphatic carbocycles. The molecule has 1 aliphatic heterocycles. The van der Waals surface area contributed by atoms with Crippen LogP contribution in [0.2, 0.25) is 0 Å². The van der Waals surface area contributed by atoms with E-state index in [-0.39, 0.29) is 6.10 Å². The van der Waals surface area contributed by atoms with Gasteiger partial charge in [-0.3, -0.25) is 0 Å². The minimum atomic E-state index is 0.274. The third-order valence-electron chi connectivity index (χ3n) is 1.47.